The molecule has 1 unspecified atom stereocenters. The molecule has 0 spiro atoms. The largest absolute Gasteiger partial charge is 0.493 e. The maximum Gasteiger partial charge on any atom is 0.264 e. The van der Waals surface area contributed by atoms with Crippen LogP contribution in [0.3, 0.4) is 0 Å². The number of ether oxygens (including phenoxy) is 2. The molecule has 0 radical (unpaired) electrons. The van der Waals surface area contributed by atoms with E-state index in [-0.39, 0.29) is 16.8 Å². The Morgan fingerprint density at radius 3 is 2.50 bits per heavy atom. The molecular formula is C22H24N2O7S. The molecule has 0 fully saturated rings. The zero-order chi connectivity index (χ0) is 23.6. The molecule has 0 bridgehead atoms. The number of amides is 3. The number of carbonyl (C=O) groups excluding carboxylic acids is 3. The molecule has 1 heterocycles. The number of imide groups is 1. The van der Waals surface area contributed by atoms with E-state index in [4.69, 9.17) is 9.47 Å². The fourth-order valence-corrected chi connectivity index (χ4v) is 4.24. The molecule has 3 atom stereocenters. The summed E-state index contributed by atoms with van der Waals surface area (Å²) in [5, 5.41) is 1.55. The van der Waals surface area contributed by atoms with E-state index in [0.29, 0.717) is 23.7 Å². The average molecular weight is 461 g/mol. The van der Waals surface area contributed by atoms with Gasteiger partial charge in [-0.15, -0.1) is 0 Å². The summed E-state index contributed by atoms with van der Waals surface area (Å²) >= 11 is -2.35. The molecule has 0 aromatic heterocycles. The van der Waals surface area contributed by atoms with Crippen molar-refractivity contribution in [3.8, 4) is 11.5 Å². The number of hydrogen-bond acceptors (Lipinski definition) is 6. The Morgan fingerprint density at radius 1 is 1.19 bits per heavy atom. The molecule has 0 saturated heterocycles. The fourth-order valence-electron chi connectivity index (χ4n) is 3.74. The third-order valence-corrected chi connectivity index (χ3v) is 6.02. The molecule has 1 aliphatic heterocycles. The Bertz CT molecular complexity index is 1100. The molecule has 9 nitrogen and oxygen atoms in total. The molecular weight excluding hydrogens is 436 g/mol. The quantitative estimate of drug-likeness (QED) is 0.459. The Balaban J connectivity index is 2.15. The van der Waals surface area contributed by atoms with Crippen LogP contribution in [0.2, 0.25) is 0 Å². The average Bonchev–Trinajstić information content (AvgIpc) is 3.00. The molecule has 0 saturated carbocycles. The van der Waals surface area contributed by atoms with E-state index in [2.05, 4.69) is 5.32 Å². The number of anilines is 1. The summed E-state index contributed by atoms with van der Waals surface area (Å²) < 4.78 is 32.8. The van der Waals surface area contributed by atoms with Crippen molar-refractivity contribution in [1.82, 2.24) is 4.90 Å². The topological polar surface area (TPSA) is 122 Å². The van der Waals surface area contributed by atoms with E-state index < -0.39 is 40.1 Å². The molecule has 10 heteroatoms. The van der Waals surface area contributed by atoms with Crippen LogP contribution in [0, 0.1) is 0 Å². The first-order chi connectivity index (χ1) is 15.2. The van der Waals surface area contributed by atoms with E-state index in [9.17, 15) is 23.1 Å². The molecule has 0 aliphatic carbocycles. The summed E-state index contributed by atoms with van der Waals surface area (Å²) in [6.07, 6.45) is 0. The monoisotopic (exact) mass is 460 g/mol. The highest BCUT2D eigenvalue weighted by atomic mass is 32.2. The van der Waals surface area contributed by atoms with Gasteiger partial charge in [0.05, 0.1) is 41.8 Å². The highest BCUT2D eigenvalue weighted by Crippen LogP contribution is 2.40. The van der Waals surface area contributed by atoms with Crippen molar-refractivity contribution in [3.63, 3.8) is 0 Å². The van der Waals surface area contributed by atoms with Crippen LogP contribution in [-0.4, -0.2) is 50.3 Å². The summed E-state index contributed by atoms with van der Waals surface area (Å²) in [6.45, 7) is 4.91. The van der Waals surface area contributed by atoms with Gasteiger partial charge in [0.15, 0.2) is 22.6 Å². The lowest BCUT2D eigenvalue weighted by Crippen LogP contribution is -2.41. The SMILES string of the molecule is CCOc1cc([C@@H]([C@H](C)S(=O)O)N2C(=O)c3cccc(NC(C)=O)c3C2=O)ccc1OC. The van der Waals surface area contributed by atoms with Crippen LogP contribution >= 0.6 is 0 Å². The molecule has 2 aromatic rings. The molecule has 32 heavy (non-hydrogen) atoms. The number of benzene rings is 2. The van der Waals surface area contributed by atoms with Crippen LogP contribution < -0.4 is 14.8 Å². The summed E-state index contributed by atoms with van der Waals surface area (Å²) in [7, 11) is 1.48. The Morgan fingerprint density at radius 2 is 1.91 bits per heavy atom. The third kappa shape index (κ3) is 4.23. The summed E-state index contributed by atoms with van der Waals surface area (Å²) in [5.74, 6) is -0.847. The van der Waals surface area contributed by atoms with Gasteiger partial charge in [0.1, 0.15) is 0 Å². The summed E-state index contributed by atoms with van der Waals surface area (Å²) in [4.78, 5) is 39.2. The van der Waals surface area contributed by atoms with E-state index in [0.717, 1.165) is 4.90 Å². The lowest BCUT2D eigenvalue weighted by Gasteiger charge is -2.30. The number of methoxy groups -OCH3 is 1. The van der Waals surface area contributed by atoms with Crippen molar-refractivity contribution in [1.29, 1.82) is 0 Å². The molecule has 2 aromatic carbocycles. The van der Waals surface area contributed by atoms with E-state index in [1.165, 1.54) is 33.1 Å². The smallest absolute Gasteiger partial charge is 0.264 e. The second kappa shape index (κ2) is 9.49. The predicted molar refractivity (Wildman–Crippen MR) is 118 cm³/mol. The first-order valence-electron chi connectivity index (χ1n) is 9.90. The zero-order valence-corrected chi connectivity index (χ0v) is 18.9. The molecule has 1 aliphatic rings. The molecule has 170 valence electrons. The van der Waals surface area contributed by atoms with Gasteiger partial charge in [-0.2, -0.15) is 0 Å². The van der Waals surface area contributed by atoms with Gasteiger partial charge in [-0.1, -0.05) is 12.1 Å². The van der Waals surface area contributed by atoms with Crippen molar-refractivity contribution in [2.75, 3.05) is 19.0 Å². The minimum Gasteiger partial charge on any atom is -0.493 e. The van der Waals surface area contributed by atoms with Crippen molar-refractivity contribution in [2.24, 2.45) is 0 Å². The number of hydrogen-bond donors (Lipinski definition) is 2. The van der Waals surface area contributed by atoms with E-state index >= 15 is 0 Å². The van der Waals surface area contributed by atoms with E-state index in [1.807, 2.05) is 0 Å². The summed E-state index contributed by atoms with van der Waals surface area (Å²) in [6, 6.07) is 8.32. The number of carbonyl (C=O) groups is 3. The molecule has 2 N–H and O–H groups in total. The van der Waals surface area contributed by atoms with E-state index in [1.54, 1.807) is 31.2 Å². The van der Waals surface area contributed by atoms with Crippen LogP contribution in [0.4, 0.5) is 5.69 Å². The number of nitrogens with one attached hydrogen (secondary N) is 1. The Kier molecular flexibility index (Phi) is 6.95. The lowest BCUT2D eigenvalue weighted by molar-refractivity contribution is -0.114. The minimum atomic E-state index is -2.35. The van der Waals surface area contributed by atoms with Gasteiger partial charge in [0.25, 0.3) is 11.8 Å². The van der Waals surface area contributed by atoms with Crippen LogP contribution in [0.15, 0.2) is 36.4 Å². The molecule has 3 amide bonds. The van der Waals surface area contributed by atoms with Gasteiger partial charge >= 0.3 is 0 Å². The predicted octanol–water partition coefficient (Wildman–Crippen LogP) is 3.00. The van der Waals surface area contributed by atoms with Crippen molar-refractivity contribution in [2.45, 2.75) is 32.1 Å². The zero-order valence-electron chi connectivity index (χ0n) is 18.1. The van der Waals surface area contributed by atoms with Gasteiger partial charge in [-0.3, -0.25) is 19.3 Å². The second-order valence-electron chi connectivity index (χ2n) is 7.16. The maximum atomic E-state index is 13.4. The van der Waals surface area contributed by atoms with Gasteiger partial charge in [0.2, 0.25) is 5.91 Å². The fraction of sp³-hybridized carbons (Fsp3) is 0.318. The minimum absolute atomic E-state index is 0.0483. The standard InChI is InChI=1S/C22H24N2O7S/c1-5-31-18-11-14(9-10-17(18)30-4)20(12(2)32(28)29)24-21(26)15-7-6-8-16(23-13(3)25)19(15)22(24)27/h6-12,20H,5H2,1-4H3,(H,23,25)(H,28,29)/t12-,20+/m0/s1. The van der Waals surface area contributed by atoms with Crippen LogP contribution in [0.1, 0.15) is 53.1 Å². The highest BCUT2D eigenvalue weighted by molar-refractivity contribution is 7.79. The number of nitrogens with zero attached hydrogens (tertiary/aromatic N) is 1. The second-order valence-corrected chi connectivity index (χ2v) is 8.45. The van der Waals surface area contributed by atoms with Crippen molar-refractivity contribution in [3.05, 3.63) is 53.1 Å². The first kappa shape index (κ1) is 23.4. The maximum absolute atomic E-state index is 13.4. The van der Waals surface area contributed by atoms with Crippen LogP contribution in [0.5, 0.6) is 11.5 Å². The van der Waals surface area contributed by atoms with Crippen molar-refractivity contribution >= 4 is 34.5 Å². The van der Waals surface area contributed by atoms with Crippen LogP contribution in [-0.2, 0) is 15.9 Å². The normalized spacial score (nSPS) is 15.7. The van der Waals surface area contributed by atoms with Gasteiger partial charge < -0.3 is 19.3 Å². The number of fused-ring (bicyclic) bond motifs is 1. The van der Waals surface area contributed by atoms with Crippen LogP contribution in [0.25, 0.3) is 0 Å². The van der Waals surface area contributed by atoms with Gasteiger partial charge in [0, 0.05) is 6.92 Å². The third-order valence-electron chi connectivity index (χ3n) is 5.13. The highest BCUT2D eigenvalue weighted by Gasteiger charge is 2.45. The molecule has 3 rings (SSSR count). The Hall–Kier alpha value is -3.24. The van der Waals surface area contributed by atoms with Crippen molar-refractivity contribution < 1.29 is 32.6 Å². The van der Waals surface area contributed by atoms with Gasteiger partial charge in [-0.25, -0.2) is 4.21 Å². The first-order valence-corrected chi connectivity index (χ1v) is 11.1. The Labute approximate surface area is 188 Å². The summed E-state index contributed by atoms with van der Waals surface area (Å²) in [5.41, 5.74) is 0.796. The van der Waals surface area contributed by atoms with Gasteiger partial charge in [-0.05, 0) is 43.7 Å². The lowest BCUT2D eigenvalue weighted by atomic mass is 10.0. The number of rotatable bonds is 8.